The zero-order valence-electron chi connectivity index (χ0n) is 20.3. The molecule has 1 saturated carbocycles. The second-order valence-electron chi connectivity index (χ2n) is 9.69. The van der Waals surface area contributed by atoms with Crippen LogP contribution in [-0.2, 0) is 14.8 Å². The molecule has 37 heavy (non-hydrogen) atoms. The molecule has 0 unspecified atom stereocenters. The number of aromatic nitrogens is 7. The largest absolute Gasteiger partial charge is 0.369 e. The van der Waals surface area contributed by atoms with E-state index in [-0.39, 0.29) is 23.1 Å². The molecule has 0 aromatic carbocycles. The summed E-state index contributed by atoms with van der Waals surface area (Å²) in [6, 6.07) is 3.71. The van der Waals surface area contributed by atoms with Crippen LogP contribution in [-0.4, -0.2) is 66.6 Å². The summed E-state index contributed by atoms with van der Waals surface area (Å²) in [4.78, 5) is 26.8. The van der Waals surface area contributed by atoms with E-state index in [1.165, 1.54) is 12.4 Å². The van der Waals surface area contributed by atoms with Gasteiger partial charge in [0.25, 0.3) is 10.0 Å². The van der Waals surface area contributed by atoms with Crippen molar-refractivity contribution in [3.05, 3.63) is 36.9 Å². The summed E-state index contributed by atoms with van der Waals surface area (Å²) in [7, 11) is -3.46. The van der Waals surface area contributed by atoms with Crippen LogP contribution in [0.3, 0.4) is 0 Å². The van der Waals surface area contributed by atoms with Crippen LogP contribution in [0.2, 0.25) is 0 Å². The van der Waals surface area contributed by atoms with Gasteiger partial charge in [0.2, 0.25) is 5.91 Å². The van der Waals surface area contributed by atoms with Crippen molar-refractivity contribution in [1.29, 1.82) is 0 Å². The number of nitrogens with two attached hydrogens (primary N) is 1. The molecule has 1 amide bonds. The third-order valence-corrected chi connectivity index (χ3v) is 8.62. The fourth-order valence-corrected chi connectivity index (χ4v) is 5.80. The van der Waals surface area contributed by atoms with Crippen molar-refractivity contribution in [3.8, 4) is 11.4 Å². The molecule has 2 fully saturated rings. The summed E-state index contributed by atoms with van der Waals surface area (Å²) in [5.74, 6) is 1.73. The standard InChI is InChI=1S/C23H26N10O3S/c1-13(2)33-18-7-20(26-9-17(18)23(30-33)31-10-15(11-31)21(24)34)28-19-5-6-25-22(29-19)14-8-27-32(12-14)37(35,36)16-3-4-16/h5-9,12-13,15-16H,3-4,10-11H2,1-2H3,(H2,24,34)(H,25,26,28,29). The van der Waals surface area contributed by atoms with Crippen molar-refractivity contribution in [2.24, 2.45) is 11.7 Å². The topological polar surface area (TPSA) is 167 Å². The molecule has 0 atom stereocenters. The Bertz CT molecular complexity index is 1620. The van der Waals surface area contributed by atoms with E-state index in [0.717, 1.165) is 20.8 Å². The summed E-state index contributed by atoms with van der Waals surface area (Å²) in [5, 5.41) is 12.5. The van der Waals surface area contributed by atoms with Crippen molar-refractivity contribution in [3.63, 3.8) is 0 Å². The van der Waals surface area contributed by atoms with E-state index in [0.29, 0.717) is 49.0 Å². The van der Waals surface area contributed by atoms with Crippen LogP contribution in [0.15, 0.2) is 36.9 Å². The van der Waals surface area contributed by atoms with E-state index >= 15 is 0 Å². The van der Waals surface area contributed by atoms with Gasteiger partial charge in [-0.25, -0.2) is 23.4 Å². The van der Waals surface area contributed by atoms with Gasteiger partial charge in [0.15, 0.2) is 11.6 Å². The van der Waals surface area contributed by atoms with E-state index in [2.05, 4.69) is 25.4 Å². The molecule has 4 aromatic heterocycles. The maximum Gasteiger partial charge on any atom is 0.256 e. The van der Waals surface area contributed by atoms with E-state index in [1.807, 2.05) is 29.5 Å². The lowest BCUT2D eigenvalue weighted by atomic mass is 9.99. The smallest absolute Gasteiger partial charge is 0.256 e. The highest BCUT2D eigenvalue weighted by atomic mass is 32.2. The summed E-state index contributed by atoms with van der Waals surface area (Å²) >= 11 is 0. The average Bonchev–Trinajstić information content (AvgIpc) is 3.46. The van der Waals surface area contributed by atoms with Gasteiger partial charge >= 0.3 is 0 Å². The number of nitrogens with zero attached hydrogens (tertiary/aromatic N) is 8. The van der Waals surface area contributed by atoms with Gasteiger partial charge in [-0.3, -0.25) is 9.48 Å². The van der Waals surface area contributed by atoms with Gasteiger partial charge < -0.3 is 16.0 Å². The fourth-order valence-electron chi connectivity index (χ4n) is 4.32. The van der Waals surface area contributed by atoms with Crippen LogP contribution in [0.25, 0.3) is 22.3 Å². The van der Waals surface area contributed by atoms with Crippen molar-refractivity contribution >= 4 is 44.3 Å². The van der Waals surface area contributed by atoms with Crippen LogP contribution in [0.5, 0.6) is 0 Å². The Labute approximate surface area is 212 Å². The summed E-state index contributed by atoms with van der Waals surface area (Å²) in [6.45, 7) is 5.18. The number of hydrogen-bond acceptors (Lipinski definition) is 10. The molecule has 14 heteroatoms. The minimum absolute atomic E-state index is 0.105. The molecule has 2 aliphatic rings. The van der Waals surface area contributed by atoms with Crippen molar-refractivity contribution < 1.29 is 13.2 Å². The highest BCUT2D eigenvalue weighted by Gasteiger charge is 2.38. The first-order chi connectivity index (χ1) is 17.7. The second-order valence-corrected chi connectivity index (χ2v) is 11.8. The number of rotatable bonds is 8. The van der Waals surface area contributed by atoms with Gasteiger partial charge in [-0.1, -0.05) is 0 Å². The molecule has 6 rings (SSSR count). The lowest BCUT2D eigenvalue weighted by Gasteiger charge is -2.37. The number of anilines is 3. The maximum atomic E-state index is 12.5. The maximum absolute atomic E-state index is 12.5. The Kier molecular flexibility index (Phi) is 5.36. The molecule has 0 spiro atoms. The molecule has 1 aliphatic carbocycles. The molecule has 13 nitrogen and oxygen atoms in total. The number of pyridine rings is 1. The SMILES string of the molecule is CC(C)n1nc(N2CC(C(N)=O)C2)c2cnc(Nc3ccnc(-c4cnn(S(=O)(=O)C5CC5)c4)n3)cc21. The van der Waals surface area contributed by atoms with Gasteiger partial charge in [0.05, 0.1) is 40.0 Å². The normalized spacial score (nSPS) is 16.4. The highest BCUT2D eigenvalue weighted by Crippen LogP contribution is 2.34. The molecule has 3 N–H and O–H groups in total. The monoisotopic (exact) mass is 522 g/mol. The minimum Gasteiger partial charge on any atom is -0.369 e. The molecule has 0 bridgehead atoms. The van der Waals surface area contributed by atoms with E-state index in [9.17, 15) is 13.2 Å². The fraction of sp³-hybridized carbons (Fsp3) is 0.391. The predicted octanol–water partition coefficient (Wildman–Crippen LogP) is 1.67. The summed E-state index contributed by atoms with van der Waals surface area (Å²) in [5.41, 5.74) is 6.82. The average molecular weight is 523 g/mol. The van der Waals surface area contributed by atoms with Crippen molar-refractivity contribution in [2.75, 3.05) is 23.3 Å². The Morgan fingerprint density at radius 2 is 1.95 bits per heavy atom. The van der Waals surface area contributed by atoms with Crippen LogP contribution in [0.1, 0.15) is 32.7 Å². The van der Waals surface area contributed by atoms with Crippen LogP contribution in [0.4, 0.5) is 17.5 Å². The first kappa shape index (κ1) is 23.3. The molecular formula is C23H26N10O3S. The summed E-state index contributed by atoms with van der Waals surface area (Å²) < 4.78 is 27.8. The molecule has 1 saturated heterocycles. The molecular weight excluding hydrogens is 496 g/mol. The number of carbonyl (C=O) groups is 1. The Balaban J connectivity index is 1.26. The zero-order valence-corrected chi connectivity index (χ0v) is 21.1. The number of carbonyl (C=O) groups excluding carboxylic acids is 1. The number of fused-ring (bicyclic) bond motifs is 1. The molecule has 5 heterocycles. The van der Waals surface area contributed by atoms with Crippen LogP contribution >= 0.6 is 0 Å². The van der Waals surface area contributed by atoms with Crippen LogP contribution in [0, 0.1) is 5.92 Å². The van der Waals surface area contributed by atoms with Gasteiger partial charge in [0, 0.05) is 37.6 Å². The van der Waals surface area contributed by atoms with E-state index in [1.54, 1.807) is 18.5 Å². The zero-order chi connectivity index (χ0) is 25.9. The Hall–Kier alpha value is -4.07. The van der Waals surface area contributed by atoms with E-state index in [4.69, 9.17) is 10.8 Å². The number of hydrogen-bond donors (Lipinski definition) is 2. The minimum atomic E-state index is -3.46. The Morgan fingerprint density at radius 1 is 1.16 bits per heavy atom. The lowest BCUT2D eigenvalue weighted by molar-refractivity contribution is -0.122. The molecule has 0 radical (unpaired) electrons. The predicted molar refractivity (Wildman–Crippen MR) is 137 cm³/mol. The Morgan fingerprint density at radius 3 is 2.65 bits per heavy atom. The molecule has 4 aromatic rings. The first-order valence-electron chi connectivity index (χ1n) is 12.0. The first-order valence-corrected chi connectivity index (χ1v) is 13.5. The number of nitrogens with one attached hydrogen (secondary N) is 1. The second kappa shape index (κ2) is 8.50. The number of primary amides is 1. The van der Waals surface area contributed by atoms with Gasteiger partial charge in [-0.2, -0.15) is 14.3 Å². The highest BCUT2D eigenvalue weighted by molar-refractivity contribution is 7.90. The van der Waals surface area contributed by atoms with Crippen molar-refractivity contribution in [1.82, 2.24) is 33.9 Å². The third kappa shape index (κ3) is 4.16. The van der Waals surface area contributed by atoms with Gasteiger partial charge in [0.1, 0.15) is 11.6 Å². The molecule has 192 valence electrons. The quantitative estimate of drug-likeness (QED) is 0.347. The third-order valence-electron chi connectivity index (χ3n) is 6.58. The number of amides is 1. The van der Waals surface area contributed by atoms with Gasteiger partial charge in [-0.05, 0) is 32.8 Å². The van der Waals surface area contributed by atoms with Crippen LogP contribution < -0.4 is 16.0 Å². The van der Waals surface area contributed by atoms with Crippen molar-refractivity contribution in [2.45, 2.75) is 38.0 Å². The lowest BCUT2D eigenvalue weighted by Crippen LogP contribution is -2.52. The summed E-state index contributed by atoms with van der Waals surface area (Å²) in [6.07, 6.45) is 7.56. The molecule has 1 aliphatic heterocycles. The van der Waals surface area contributed by atoms with E-state index < -0.39 is 10.0 Å². The van der Waals surface area contributed by atoms with Gasteiger partial charge in [-0.15, -0.1) is 0 Å².